The van der Waals surface area contributed by atoms with E-state index in [9.17, 15) is 4.79 Å². The van der Waals surface area contributed by atoms with Gasteiger partial charge in [0, 0.05) is 37.1 Å². The number of fused-ring (bicyclic) bond motifs is 1. The number of aliphatic imine (C=N–C) groups is 1. The lowest BCUT2D eigenvalue weighted by Gasteiger charge is -2.45. The number of anilines is 2. The van der Waals surface area contributed by atoms with Crippen LogP contribution < -0.4 is 10.2 Å². The van der Waals surface area contributed by atoms with Crippen molar-refractivity contribution in [2.24, 2.45) is 4.99 Å². The second-order valence-corrected chi connectivity index (χ2v) is 8.23. The highest BCUT2D eigenvalue weighted by Crippen LogP contribution is 2.43. The second-order valence-electron chi connectivity index (χ2n) is 8.23. The third-order valence-electron chi connectivity index (χ3n) is 5.56. The first-order chi connectivity index (χ1) is 12.7. The smallest absolute Gasteiger partial charge is 0.221 e. The minimum Gasteiger partial charge on any atom is -0.369 e. The first-order valence-electron chi connectivity index (χ1n) is 9.47. The van der Waals surface area contributed by atoms with Crippen molar-refractivity contribution >= 4 is 29.2 Å². The summed E-state index contributed by atoms with van der Waals surface area (Å²) in [5.74, 6) is 0.453. The van der Waals surface area contributed by atoms with Crippen LogP contribution in [-0.2, 0) is 4.79 Å². The Balaban J connectivity index is 1.87. The molecular formula is C23H29N3O. The molecule has 0 fully saturated rings. The molecule has 1 aliphatic rings. The number of hydrogen-bond acceptors (Lipinski definition) is 3. The highest BCUT2D eigenvalue weighted by atomic mass is 16.1. The fourth-order valence-corrected chi connectivity index (χ4v) is 3.85. The van der Waals surface area contributed by atoms with Gasteiger partial charge in [-0.2, -0.15) is 0 Å². The first kappa shape index (κ1) is 19.2. The third kappa shape index (κ3) is 4.05. The Morgan fingerprint density at radius 3 is 2.56 bits per heavy atom. The summed E-state index contributed by atoms with van der Waals surface area (Å²) in [6, 6.07) is 12.1. The van der Waals surface area contributed by atoms with E-state index in [1.807, 2.05) is 30.5 Å². The topological polar surface area (TPSA) is 44.7 Å². The average molecular weight is 364 g/mol. The maximum Gasteiger partial charge on any atom is 0.221 e. The minimum absolute atomic E-state index is 0.0711. The van der Waals surface area contributed by atoms with Crippen LogP contribution in [0.15, 0.2) is 41.4 Å². The number of carbonyl (C=O) groups is 1. The van der Waals surface area contributed by atoms with E-state index in [2.05, 4.69) is 62.1 Å². The summed E-state index contributed by atoms with van der Waals surface area (Å²) < 4.78 is 0. The molecule has 4 heteroatoms. The van der Waals surface area contributed by atoms with Gasteiger partial charge < -0.3 is 10.2 Å². The van der Waals surface area contributed by atoms with Gasteiger partial charge in [0.1, 0.15) is 0 Å². The lowest BCUT2D eigenvalue weighted by molar-refractivity contribution is -0.114. The number of carbonyl (C=O) groups excluding carboxylic acids is 1. The molecular weight excluding hydrogens is 334 g/mol. The van der Waals surface area contributed by atoms with E-state index in [0.29, 0.717) is 5.92 Å². The molecule has 3 rings (SSSR count). The molecule has 4 nitrogen and oxygen atoms in total. The Hall–Kier alpha value is -2.62. The van der Waals surface area contributed by atoms with Crippen molar-refractivity contribution in [1.82, 2.24) is 0 Å². The SMILES string of the molecule is CC(=O)Nc1ccc(N=Cc2cc3c(cc2C)N(C)C(C)(C)C[C@H]3C)cc1. The number of aryl methyl sites for hydroxylation is 1. The fraction of sp³-hybridized carbons (Fsp3) is 0.391. The molecule has 1 amide bonds. The summed E-state index contributed by atoms with van der Waals surface area (Å²) >= 11 is 0. The zero-order chi connectivity index (χ0) is 19.8. The van der Waals surface area contributed by atoms with Crippen molar-refractivity contribution in [2.75, 3.05) is 17.3 Å². The summed E-state index contributed by atoms with van der Waals surface area (Å²) in [7, 11) is 2.19. The summed E-state index contributed by atoms with van der Waals surface area (Å²) in [4.78, 5) is 18.1. The highest BCUT2D eigenvalue weighted by molar-refractivity contribution is 5.89. The number of rotatable bonds is 3. The van der Waals surface area contributed by atoms with Crippen LogP contribution >= 0.6 is 0 Å². The molecule has 0 bridgehead atoms. The van der Waals surface area contributed by atoms with Gasteiger partial charge in [0.25, 0.3) is 0 Å². The molecule has 0 radical (unpaired) electrons. The maximum atomic E-state index is 11.1. The molecule has 0 aromatic heterocycles. The van der Waals surface area contributed by atoms with E-state index >= 15 is 0 Å². The standard InChI is InChI=1S/C23H29N3O/c1-15-11-22-21(16(2)13-23(4,5)26(22)6)12-18(15)14-24-19-7-9-20(10-8-19)25-17(3)27/h7-12,14,16H,13H2,1-6H3,(H,25,27)/t16-/m1/s1. The van der Waals surface area contributed by atoms with E-state index < -0.39 is 0 Å². The largest absolute Gasteiger partial charge is 0.369 e. The Labute approximate surface area is 162 Å². The molecule has 1 atom stereocenters. The Morgan fingerprint density at radius 2 is 1.93 bits per heavy atom. The third-order valence-corrected chi connectivity index (χ3v) is 5.56. The molecule has 1 N–H and O–H groups in total. The lowest BCUT2D eigenvalue weighted by Crippen LogP contribution is -2.45. The quantitative estimate of drug-likeness (QED) is 0.739. The molecule has 142 valence electrons. The van der Waals surface area contributed by atoms with Gasteiger partial charge in [-0.05, 0) is 86.2 Å². The molecule has 1 aliphatic heterocycles. The number of hydrogen-bond donors (Lipinski definition) is 1. The zero-order valence-corrected chi connectivity index (χ0v) is 17.1. The van der Waals surface area contributed by atoms with Gasteiger partial charge in [-0.25, -0.2) is 0 Å². The Morgan fingerprint density at radius 1 is 1.26 bits per heavy atom. The van der Waals surface area contributed by atoms with E-state index in [4.69, 9.17) is 0 Å². The van der Waals surface area contributed by atoms with Gasteiger partial charge in [-0.15, -0.1) is 0 Å². The fourth-order valence-electron chi connectivity index (χ4n) is 3.85. The molecule has 0 aliphatic carbocycles. The molecule has 27 heavy (non-hydrogen) atoms. The van der Waals surface area contributed by atoms with Crippen molar-refractivity contribution in [2.45, 2.75) is 52.5 Å². The van der Waals surface area contributed by atoms with Crippen LogP contribution in [0.1, 0.15) is 56.7 Å². The summed E-state index contributed by atoms with van der Waals surface area (Å²) in [5, 5.41) is 2.77. The van der Waals surface area contributed by atoms with Crippen LogP contribution in [0.5, 0.6) is 0 Å². The van der Waals surface area contributed by atoms with Gasteiger partial charge in [0.2, 0.25) is 5.91 Å². The molecule has 2 aromatic rings. The number of nitrogens with zero attached hydrogens (tertiary/aromatic N) is 2. The first-order valence-corrected chi connectivity index (χ1v) is 9.47. The summed E-state index contributed by atoms with van der Waals surface area (Å²) in [6.07, 6.45) is 3.08. The van der Waals surface area contributed by atoms with Crippen LogP contribution in [0.2, 0.25) is 0 Å². The monoisotopic (exact) mass is 363 g/mol. The van der Waals surface area contributed by atoms with Crippen molar-refractivity contribution in [1.29, 1.82) is 0 Å². The molecule has 2 aromatic carbocycles. The van der Waals surface area contributed by atoms with Gasteiger partial charge in [0.15, 0.2) is 0 Å². The molecule has 0 unspecified atom stereocenters. The predicted octanol–water partition coefficient (Wildman–Crippen LogP) is 5.43. The molecule has 0 saturated carbocycles. The molecule has 1 heterocycles. The van der Waals surface area contributed by atoms with Gasteiger partial charge in [0.05, 0.1) is 5.69 Å². The summed E-state index contributed by atoms with van der Waals surface area (Å²) in [5.41, 5.74) is 6.92. The van der Waals surface area contributed by atoms with Crippen LogP contribution in [0, 0.1) is 6.92 Å². The van der Waals surface area contributed by atoms with Crippen LogP contribution in [0.25, 0.3) is 0 Å². The number of benzene rings is 2. The van der Waals surface area contributed by atoms with Crippen molar-refractivity contribution in [3.8, 4) is 0 Å². The lowest BCUT2D eigenvalue weighted by atomic mass is 9.79. The zero-order valence-electron chi connectivity index (χ0n) is 17.1. The van der Waals surface area contributed by atoms with E-state index in [1.165, 1.54) is 23.7 Å². The van der Waals surface area contributed by atoms with Crippen molar-refractivity contribution < 1.29 is 4.79 Å². The minimum atomic E-state index is -0.0711. The Kier molecular flexibility index (Phi) is 5.09. The van der Waals surface area contributed by atoms with Crippen LogP contribution in [0.3, 0.4) is 0 Å². The van der Waals surface area contributed by atoms with Gasteiger partial charge in [-0.3, -0.25) is 9.79 Å². The molecule has 0 spiro atoms. The van der Waals surface area contributed by atoms with E-state index in [-0.39, 0.29) is 11.4 Å². The number of nitrogens with one attached hydrogen (secondary N) is 1. The Bertz CT molecular complexity index is 881. The second kappa shape index (κ2) is 7.18. The van der Waals surface area contributed by atoms with Crippen LogP contribution in [0.4, 0.5) is 17.1 Å². The van der Waals surface area contributed by atoms with Gasteiger partial charge >= 0.3 is 0 Å². The molecule has 0 saturated heterocycles. The van der Waals surface area contributed by atoms with Gasteiger partial charge in [-0.1, -0.05) is 6.92 Å². The van der Waals surface area contributed by atoms with E-state index in [1.54, 1.807) is 0 Å². The van der Waals surface area contributed by atoms with Crippen molar-refractivity contribution in [3.63, 3.8) is 0 Å². The maximum absolute atomic E-state index is 11.1. The van der Waals surface area contributed by atoms with E-state index in [0.717, 1.165) is 23.4 Å². The normalized spacial score (nSPS) is 18.4. The number of amides is 1. The predicted molar refractivity (Wildman–Crippen MR) is 115 cm³/mol. The highest BCUT2D eigenvalue weighted by Gasteiger charge is 2.34. The van der Waals surface area contributed by atoms with Crippen LogP contribution in [-0.4, -0.2) is 24.7 Å². The summed E-state index contributed by atoms with van der Waals surface area (Å²) in [6.45, 7) is 10.6. The average Bonchev–Trinajstić information content (AvgIpc) is 2.59. The van der Waals surface area contributed by atoms with Crippen molar-refractivity contribution in [3.05, 3.63) is 53.1 Å².